The molecule has 0 unspecified atom stereocenters. The second-order valence-corrected chi connectivity index (χ2v) is 3.49. The maximum absolute atomic E-state index is 5.75. The maximum Gasteiger partial charge on any atom is 0.126 e. The molecule has 4 nitrogen and oxygen atoms in total. The number of halogens is 1. The number of aromatic amines is 1. The number of aryl methyl sites for hydroxylation is 1. The molecule has 76 valence electrons. The largest absolute Gasteiger partial charge is 0.281 e. The van der Waals surface area contributed by atoms with Gasteiger partial charge in [0.1, 0.15) is 5.69 Å². The Hall–Kier alpha value is -1.68. The molecule has 0 aliphatic carbocycles. The van der Waals surface area contributed by atoms with Gasteiger partial charge >= 0.3 is 0 Å². The molecule has 0 radical (unpaired) electrons. The second-order valence-electron chi connectivity index (χ2n) is 3.06. The molecule has 1 N–H and O–H groups in total. The van der Waals surface area contributed by atoms with E-state index in [4.69, 9.17) is 11.6 Å². The van der Waals surface area contributed by atoms with Crippen molar-refractivity contribution < 1.29 is 0 Å². The summed E-state index contributed by atoms with van der Waals surface area (Å²) in [4.78, 5) is 0. The molecule has 0 aliphatic rings. The van der Waals surface area contributed by atoms with E-state index in [0.29, 0.717) is 5.02 Å². The predicted molar refractivity (Wildman–Crippen MR) is 59.0 cm³/mol. The van der Waals surface area contributed by atoms with E-state index >= 15 is 0 Å². The Morgan fingerprint density at radius 1 is 1.20 bits per heavy atom. The standard InChI is InChI=1S/C10H9ClN4/c1-7-10(6-12-13-7)15-14-9-4-2-8(11)3-5-9/h2-6H,1H3,(H,12,13). The first-order valence-corrected chi connectivity index (χ1v) is 4.81. The summed E-state index contributed by atoms with van der Waals surface area (Å²) in [6, 6.07) is 7.17. The molecule has 0 saturated heterocycles. The summed E-state index contributed by atoms with van der Waals surface area (Å²) >= 11 is 5.75. The molecular formula is C10H9ClN4. The number of azo groups is 1. The minimum atomic E-state index is 0.688. The van der Waals surface area contributed by atoms with Crippen LogP contribution >= 0.6 is 11.6 Å². The first kappa shape index (κ1) is 9.86. The normalized spacial score (nSPS) is 11.1. The van der Waals surface area contributed by atoms with Gasteiger partial charge in [0.25, 0.3) is 0 Å². The van der Waals surface area contributed by atoms with Crippen molar-refractivity contribution in [3.8, 4) is 0 Å². The zero-order chi connectivity index (χ0) is 10.7. The zero-order valence-corrected chi connectivity index (χ0v) is 8.86. The van der Waals surface area contributed by atoms with Crippen LogP contribution in [0.4, 0.5) is 11.4 Å². The van der Waals surface area contributed by atoms with Crippen molar-refractivity contribution >= 4 is 23.0 Å². The van der Waals surface area contributed by atoms with Gasteiger partial charge in [0.2, 0.25) is 0 Å². The number of nitrogens with one attached hydrogen (secondary N) is 1. The smallest absolute Gasteiger partial charge is 0.126 e. The van der Waals surface area contributed by atoms with E-state index in [9.17, 15) is 0 Å². The molecule has 0 spiro atoms. The average molecular weight is 221 g/mol. The minimum Gasteiger partial charge on any atom is -0.281 e. The zero-order valence-electron chi connectivity index (χ0n) is 8.11. The molecule has 0 amide bonds. The lowest BCUT2D eigenvalue weighted by Gasteiger charge is -1.91. The van der Waals surface area contributed by atoms with E-state index in [1.165, 1.54) is 0 Å². The van der Waals surface area contributed by atoms with Crippen LogP contribution in [0.5, 0.6) is 0 Å². The third-order valence-corrected chi connectivity index (χ3v) is 2.16. The lowest BCUT2D eigenvalue weighted by molar-refractivity contribution is 1.05. The van der Waals surface area contributed by atoms with E-state index in [2.05, 4.69) is 20.4 Å². The monoisotopic (exact) mass is 220 g/mol. The van der Waals surface area contributed by atoms with Crippen molar-refractivity contribution in [3.05, 3.63) is 41.2 Å². The average Bonchev–Trinajstić information content (AvgIpc) is 2.63. The van der Waals surface area contributed by atoms with Crippen LogP contribution in [0.2, 0.25) is 5.02 Å². The molecule has 0 bridgehead atoms. The lowest BCUT2D eigenvalue weighted by atomic mass is 10.3. The number of rotatable bonds is 2. The number of H-pyrrole nitrogens is 1. The Balaban J connectivity index is 2.19. The van der Waals surface area contributed by atoms with Gasteiger partial charge in [-0.2, -0.15) is 10.2 Å². The molecule has 1 aromatic heterocycles. The van der Waals surface area contributed by atoms with Crippen LogP contribution in [-0.4, -0.2) is 10.2 Å². The van der Waals surface area contributed by atoms with Crippen molar-refractivity contribution in [1.29, 1.82) is 0 Å². The summed E-state index contributed by atoms with van der Waals surface area (Å²) in [7, 11) is 0. The van der Waals surface area contributed by atoms with Crippen LogP contribution in [0.3, 0.4) is 0 Å². The summed E-state index contributed by atoms with van der Waals surface area (Å²) in [5.41, 5.74) is 2.40. The Bertz CT molecular complexity index is 472. The topological polar surface area (TPSA) is 53.4 Å². The first-order chi connectivity index (χ1) is 7.25. The van der Waals surface area contributed by atoms with Gasteiger partial charge in [0.15, 0.2) is 0 Å². The fraction of sp³-hybridized carbons (Fsp3) is 0.100. The summed E-state index contributed by atoms with van der Waals surface area (Å²) in [6.45, 7) is 1.89. The highest BCUT2D eigenvalue weighted by Crippen LogP contribution is 2.21. The SMILES string of the molecule is Cc1[nH]ncc1N=Nc1ccc(Cl)cc1. The quantitative estimate of drug-likeness (QED) is 0.770. The molecular weight excluding hydrogens is 212 g/mol. The number of aromatic nitrogens is 2. The predicted octanol–water partition coefficient (Wildman–Crippen LogP) is 3.79. The summed E-state index contributed by atoms with van der Waals surface area (Å²) in [5, 5.41) is 15.4. The van der Waals surface area contributed by atoms with Crippen molar-refractivity contribution in [3.63, 3.8) is 0 Å². The molecule has 2 aromatic rings. The Labute approximate surface area is 92.0 Å². The van der Waals surface area contributed by atoms with Crippen LogP contribution in [0.15, 0.2) is 40.7 Å². The summed E-state index contributed by atoms with van der Waals surface area (Å²) in [6.07, 6.45) is 1.63. The van der Waals surface area contributed by atoms with E-state index in [1.807, 2.05) is 6.92 Å². The fourth-order valence-corrected chi connectivity index (χ4v) is 1.19. The van der Waals surface area contributed by atoms with Crippen LogP contribution in [0.25, 0.3) is 0 Å². The Kier molecular flexibility index (Phi) is 2.78. The third kappa shape index (κ3) is 2.41. The highest BCUT2D eigenvalue weighted by atomic mass is 35.5. The molecule has 0 fully saturated rings. The minimum absolute atomic E-state index is 0.688. The number of hydrogen-bond acceptors (Lipinski definition) is 3. The molecule has 5 heteroatoms. The lowest BCUT2D eigenvalue weighted by Crippen LogP contribution is -1.68. The summed E-state index contributed by atoms with van der Waals surface area (Å²) < 4.78 is 0. The van der Waals surface area contributed by atoms with Crippen molar-refractivity contribution in [2.24, 2.45) is 10.2 Å². The van der Waals surface area contributed by atoms with Crippen molar-refractivity contribution in [1.82, 2.24) is 10.2 Å². The van der Waals surface area contributed by atoms with Gasteiger partial charge in [-0.15, -0.1) is 5.11 Å². The molecule has 0 saturated carbocycles. The number of benzene rings is 1. The third-order valence-electron chi connectivity index (χ3n) is 1.90. The van der Waals surface area contributed by atoms with Gasteiger partial charge in [-0.05, 0) is 31.2 Å². The van der Waals surface area contributed by atoms with Crippen LogP contribution in [0, 0.1) is 6.92 Å². The number of hydrogen-bond donors (Lipinski definition) is 1. The van der Waals surface area contributed by atoms with Gasteiger partial charge in [0.05, 0.1) is 17.6 Å². The highest BCUT2D eigenvalue weighted by molar-refractivity contribution is 6.30. The Morgan fingerprint density at radius 3 is 2.53 bits per heavy atom. The van der Waals surface area contributed by atoms with E-state index < -0.39 is 0 Å². The van der Waals surface area contributed by atoms with Crippen molar-refractivity contribution in [2.45, 2.75) is 6.92 Å². The molecule has 1 heterocycles. The highest BCUT2D eigenvalue weighted by Gasteiger charge is 1.96. The number of nitrogens with zero attached hydrogens (tertiary/aromatic N) is 3. The molecule has 0 atom stereocenters. The van der Waals surface area contributed by atoms with Gasteiger partial charge < -0.3 is 0 Å². The van der Waals surface area contributed by atoms with E-state index in [-0.39, 0.29) is 0 Å². The van der Waals surface area contributed by atoms with Crippen LogP contribution < -0.4 is 0 Å². The van der Waals surface area contributed by atoms with Gasteiger partial charge in [-0.1, -0.05) is 11.6 Å². The summed E-state index contributed by atoms with van der Waals surface area (Å²) in [5.74, 6) is 0. The fourth-order valence-electron chi connectivity index (χ4n) is 1.06. The van der Waals surface area contributed by atoms with E-state index in [0.717, 1.165) is 17.1 Å². The Morgan fingerprint density at radius 2 is 1.93 bits per heavy atom. The maximum atomic E-state index is 5.75. The van der Waals surface area contributed by atoms with Gasteiger partial charge in [-0.25, -0.2) is 0 Å². The van der Waals surface area contributed by atoms with Gasteiger partial charge in [0, 0.05) is 5.02 Å². The van der Waals surface area contributed by atoms with E-state index in [1.54, 1.807) is 30.5 Å². The molecule has 2 rings (SSSR count). The molecule has 15 heavy (non-hydrogen) atoms. The van der Waals surface area contributed by atoms with Crippen LogP contribution in [0.1, 0.15) is 5.69 Å². The van der Waals surface area contributed by atoms with Crippen LogP contribution in [-0.2, 0) is 0 Å². The van der Waals surface area contributed by atoms with Gasteiger partial charge in [-0.3, -0.25) is 5.10 Å². The first-order valence-electron chi connectivity index (χ1n) is 4.43. The second kappa shape index (κ2) is 4.23. The van der Waals surface area contributed by atoms with Crippen molar-refractivity contribution in [2.75, 3.05) is 0 Å². The molecule has 0 aliphatic heterocycles. The molecule has 1 aromatic carbocycles.